The average Bonchev–Trinajstić information content (AvgIpc) is 3.28. The van der Waals surface area contributed by atoms with Gasteiger partial charge >= 0.3 is 0 Å². The van der Waals surface area contributed by atoms with Crippen molar-refractivity contribution in [2.45, 2.75) is 50.7 Å². The Hall–Kier alpha value is -1.26. The maximum atomic E-state index is 9.61. The van der Waals surface area contributed by atoms with Gasteiger partial charge in [0.05, 0.1) is 0 Å². The summed E-state index contributed by atoms with van der Waals surface area (Å²) in [5.74, 6) is -0.0605. The fourth-order valence-electron chi connectivity index (χ4n) is 3.05. The van der Waals surface area contributed by atoms with Crippen LogP contribution in [0.1, 0.15) is 37.7 Å². The maximum absolute atomic E-state index is 9.61. The predicted molar refractivity (Wildman–Crippen MR) is 78.8 cm³/mol. The summed E-state index contributed by atoms with van der Waals surface area (Å²) in [6.07, 6.45) is 6.47. The van der Waals surface area contributed by atoms with E-state index in [1.165, 1.54) is 32.1 Å². The quantitative estimate of drug-likeness (QED) is 0.722. The van der Waals surface area contributed by atoms with Gasteiger partial charge in [0.15, 0.2) is 11.5 Å². The molecule has 110 valence electrons. The van der Waals surface area contributed by atoms with Gasteiger partial charge in [-0.25, -0.2) is 0 Å². The van der Waals surface area contributed by atoms with E-state index in [2.05, 4.69) is 10.2 Å². The van der Waals surface area contributed by atoms with Crippen LogP contribution in [0.5, 0.6) is 11.5 Å². The first-order valence-electron chi connectivity index (χ1n) is 7.70. The average molecular weight is 276 g/mol. The highest BCUT2D eigenvalue weighted by Crippen LogP contribution is 2.31. The smallest absolute Gasteiger partial charge is 0.157 e. The number of phenols is 2. The van der Waals surface area contributed by atoms with E-state index in [-0.39, 0.29) is 11.5 Å². The second-order valence-electron chi connectivity index (χ2n) is 6.13. The van der Waals surface area contributed by atoms with Crippen molar-refractivity contribution in [2.24, 2.45) is 0 Å². The number of nitrogens with zero attached hydrogens (tertiary/aromatic N) is 1. The van der Waals surface area contributed by atoms with Gasteiger partial charge in [-0.1, -0.05) is 12.5 Å². The van der Waals surface area contributed by atoms with E-state index in [9.17, 15) is 10.2 Å². The summed E-state index contributed by atoms with van der Waals surface area (Å²) in [5.41, 5.74) is 1.07. The highest BCUT2D eigenvalue weighted by atomic mass is 16.3. The van der Waals surface area contributed by atoms with Crippen LogP contribution in [-0.4, -0.2) is 40.3 Å². The van der Waals surface area contributed by atoms with Gasteiger partial charge in [0, 0.05) is 25.2 Å². The zero-order valence-corrected chi connectivity index (χ0v) is 11.9. The molecule has 4 nitrogen and oxygen atoms in total. The van der Waals surface area contributed by atoms with E-state index in [1.54, 1.807) is 12.1 Å². The lowest BCUT2D eigenvalue weighted by molar-refractivity contribution is 0.208. The van der Waals surface area contributed by atoms with Crippen molar-refractivity contribution in [3.05, 3.63) is 23.8 Å². The molecule has 1 aliphatic carbocycles. The molecule has 1 atom stereocenters. The highest BCUT2D eigenvalue weighted by Gasteiger charge is 2.30. The number of aromatic hydroxyl groups is 2. The van der Waals surface area contributed by atoms with E-state index >= 15 is 0 Å². The second-order valence-corrected chi connectivity index (χ2v) is 6.13. The minimum atomic E-state index is -0.0410. The summed E-state index contributed by atoms with van der Waals surface area (Å²) in [5, 5.41) is 22.6. The van der Waals surface area contributed by atoms with Crippen molar-refractivity contribution in [2.75, 3.05) is 13.1 Å². The van der Waals surface area contributed by atoms with E-state index < -0.39 is 0 Å². The van der Waals surface area contributed by atoms with Gasteiger partial charge in [-0.15, -0.1) is 0 Å². The molecule has 0 bridgehead atoms. The molecule has 1 heterocycles. The molecule has 2 fully saturated rings. The van der Waals surface area contributed by atoms with E-state index in [4.69, 9.17) is 0 Å². The largest absolute Gasteiger partial charge is 0.504 e. The van der Waals surface area contributed by atoms with Crippen LogP contribution in [0.25, 0.3) is 0 Å². The molecule has 0 spiro atoms. The Morgan fingerprint density at radius 1 is 1.10 bits per heavy atom. The number of hydrogen-bond donors (Lipinski definition) is 3. The van der Waals surface area contributed by atoms with Gasteiger partial charge in [0.25, 0.3) is 0 Å². The van der Waals surface area contributed by atoms with Crippen molar-refractivity contribution < 1.29 is 10.2 Å². The molecular weight excluding hydrogens is 252 g/mol. The van der Waals surface area contributed by atoms with Gasteiger partial charge < -0.3 is 15.5 Å². The Kier molecular flexibility index (Phi) is 4.13. The van der Waals surface area contributed by atoms with Gasteiger partial charge in [-0.2, -0.15) is 0 Å². The molecule has 0 radical (unpaired) electrons. The number of nitrogens with one attached hydrogen (secondary N) is 1. The Morgan fingerprint density at radius 3 is 2.60 bits per heavy atom. The number of phenolic OH excluding ortho intramolecular Hbond substituents is 2. The third kappa shape index (κ3) is 3.44. The summed E-state index contributed by atoms with van der Waals surface area (Å²) >= 11 is 0. The monoisotopic (exact) mass is 276 g/mol. The molecule has 3 rings (SSSR count). The second kappa shape index (κ2) is 6.02. The van der Waals surface area contributed by atoms with E-state index in [1.807, 2.05) is 6.07 Å². The molecular formula is C16H24N2O2. The van der Waals surface area contributed by atoms with Gasteiger partial charge in [0.1, 0.15) is 0 Å². The van der Waals surface area contributed by atoms with E-state index in [0.717, 1.165) is 25.2 Å². The fraction of sp³-hybridized carbons (Fsp3) is 0.625. The first-order chi connectivity index (χ1) is 9.72. The lowest BCUT2D eigenvalue weighted by atomic mass is 10.0. The van der Waals surface area contributed by atoms with Gasteiger partial charge in [-0.05, 0) is 49.9 Å². The van der Waals surface area contributed by atoms with Crippen LogP contribution < -0.4 is 5.32 Å². The number of rotatable bonds is 5. The van der Waals surface area contributed by atoms with Crippen LogP contribution in [0, 0.1) is 0 Å². The summed E-state index contributed by atoms with van der Waals surface area (Å²) < 4.78 is 0. The van der Waals surface area contributed by atoms with Crippen LogP contribution in [0.2, 0.25) is 0 Å². The summed E-state index contributed by atoms with van der Waals surface area (Å²) in [7, 11) is 0. The number of piperidine rings is 1. The first-order valence-corrected chi connectivity index (χ1v) is 7.70. The molecule has 1 aromatic carbocycles. The lowest BCUT2D eigenvalue weighted by Gasteiger charge is -2.30. The number of benzene rings is 1. The molecule has 1 unspecified atom stereocenters. The standard InChI is InChI=1S/C16H24N2O2/c19-15-7-4-12(9-16(15)20)10-18(14-5-6-14)11-13-3-1-2-8-17-13/h4,7,9,13-14,17,19-20H,1-3,5-6,8,10-11H2. The SMILES string of the molecule is Oc1ccc(CN(CC2CCCCN2)C2CC2)cc1O. The Labute approximate surface area is 120 Å². The van der Waals surface area contributed by atoms with Crippen molar-refractivity contribution >= 4 is 0 Å². The van der Waals surface area contributed by atoms with Gasteiger partial charge in [0.2, 0.25) is 0 Å². The molecule has 1 saturated carbocycles. The van der Waals surface area contributed by atoms with Crippen molar-refractivity contribution in [1.82, 2.24) is 10.2 Å². The van der Waals surface area contributed by atoms with Crippen LogP contribution in [0.4, 0.5) is 0 Å². The van der Waals surface area contributed by atoms with Gasteiger partial charge in [-0.3, -0.25) is 4.90 Å². The van der Waals surface area contributed by atoms with Crippen LogP contribution in [0.3, 0.4) is 0 Å². The van der Waals surface area contributed by atoms with Crippen molar-refractivity contribution in [1.29, 1.82) is 0 Å². The van der Waals surface area contributed by atoms with Crippen LogP contribution in [0.15, 0.2) is 18.2 Å². The van der Waals surface area contributed by atoms with Crippen molar-refractivity contribution in [3.8, 4) is 11.5 Å². The molecule has 1 saturated heterocycles. The summed E-state index contributed by atoms with van der Waals surface area (Å²) in [4.78, 5) is 2.52. The molecule has 3 N–H and O–H groups in total. The van der Waals surface area contributed by atoms with Crippen LogP contribution in [-0.2, 0) is 6.54 Å². The maximum Gasteiger partial charge on any atom is 0.157 e. The fourth-order valence-corrected chi connectivity index (χ4v) is 3.05. The zero-order valence-electron chi connectivity index (χ0n) is 11.9. The molecule has 1 aliphatic heterocycles. The molecule has 4 heteroatoms. The zero-order chi connectivity index (χ0) is 13.9. The van der Waals surface area contributed by atoms with Crippen LogP contribution >= 0.6 is 0 Å². The molecule has 20 heavy (non-hydrogen) atoms. The molecule has 0 amide bonds. The summed E-state index contributed by atoms with van der Waals surface area (Å²) in [6.45, 7) is 3.09. The minimum absolute atomic E-state index is 0.0194. The third-order valence-corrected chi connectivity index (χ3v) is 4.36. The third-order valence-electron chi connectivity index (χ3n) is 4.36. The van der Waals surface area contributed by atoms with Crippen molar-refractivity contribution in [3.63, 3.8) is 0 Å². The summed E-state index contributed by atoms with van der Waals surface area (Å²) in [6, 6.07) is 6.47. The Morgan fingerprint density at radius 2 is 1.95 bits per heavy atom. The topological polar surface area (TPSA) is 55.7 Å². The first kappa shape index (κ1) is 13.7. The lowest BCUT2D eigenvalue weighted by Crippen LogP contribution is -2.44. The van der Waals surface area contributed by atoms with E-state index in [0.29, 0.717) is 12.1 Å². The molecule has 2 aliphatic rings. The Bertz CT molecular complexity index is 454. The highest BCUT2D eigenvalue weighted by molar-refractivity contribution is 5.40. The predicted octanol–water partition coefficient (Wildman–Crippen LogP) is 2.20. The number of hydrogen-bond acceptors (Lipinski definition) is 4. The molecule has 0 aromatic heterocycles. The normalized spacial score (nSPS) is 23.1. The Balaban J connectivity index is 1.62. The molecule has 1 aromatic rings. The minimum Gasteiger partial charge on any atom is -0.504 e.